The fourth-order valence-corrected chi connectivity index (χ4v) is 6.50. The van der Waals surface area contributed by atoms with Crippen LogP contribution in [0.25, 0.3) is 5.76 Å². The summed E-state index contributed by atoms with van der Waals surface area (Å²) in [5.74, 6) is -0.398. The summed E-state index contributed by atoms with van der Waals surface area (Å²) < 4.78 is 6.35. The summed E-state index contributed by atoms with van der Waals surface area (Å²) in [5, 5.41) is 20.4. The SMILES string of the molecule is CCCOc1ccc(/C(O)=C2\C(=O)C(=O)N(c3nnc(SCc4ccccc4)s3)C2c2ccc(C(C)(C)C)cc2)cc1. The highest BCUT2D eigenvalue weighted by Gasteiger charge is 2.48. The lowest BCUT2D eigenvalue weighted by Crippen LogP contribution is -2.29. The maximum atomic E-state index is 13.6. The monoisotopic (exact) mass is 599 g/mol. The van der Waals surface area contributed by atoms with Crippen LogP contribution >= 0.6 is 23.1 Å². The molecule has 0 aliphatic carbocycles. The number of amides is 1. The quantitative estimate of drug-likeness (QED) is 0.0698. The van der Waals surface area contributed by atoms with Crippen LogP contribution in [-0.4, -0.2) is 33.6 Å². The second kappa shape index (κ2) is 12.5. The molecular formula is C33H33N3O4S2. The van der Waals surface area contributed by atoms with Crippen LogP contribution in [0.3, 0.4) is 0 Å². The van der Waals surface area contributed by atoms with Crippen LogP contribution < -0.4 is 9.64 Å². The number of benzene rings is 3. The molecule has 0 saturated carbocycles. The normalized spacial score (nSPS) is 16.7. The Morgan fingerprint density at radius 2 is 1.67 bits per heavy atom. The number of Topliss-reactive ketones (excluding diaryl/α,β-unsaturated/α-hetero) is 1. The number of aliphatic hydroxyl groups excluding tert-OH is 1. The first-order chi connectivity index (χ1) is 20.2. The standard InChI is InChI=1S/C33H33N3O4S2/c1-5-19-40-25-17-13-23(14-18-25)28(37)26-27(22-11-15-24(16-12-22)33(2,3)4)36(30(39)29(26)38)31-34-35-32(42-31)41-20-21-9-7-6-8-10-21/h6-18,27,37H,5,19-20H2,1-4H3/b28-26+. The zero-order chi connectivity index (χ0) is 29.9. The third-order valence-corrected chi connectivity index (χ3v) is 9.07. The van der Waals surface area contributed by atoms with Crippen molar-refractivity contribution in [1.29, 1.82) is 0 Å². The van der Waals surface area contributed by atoms with E-state index in [0.29, 0.717) is 38.7 Å². The molecular weight excluding hydrogens is 567 g/mol. The molecule has 4 aromatic rings. The van der Waals surface area contributed by atoms with Gasteiger partial charge in [0.15, 0.2) is 4.34 Å². The van der Waals surface area contributed by atoms with E-state index in [2.05, 4.69) is 31.0 Å². The third-order valence-electron chi connectivity index (χ3n) is 6.94. The second-order valence-corrected chi connectivity index (χ2v) is 13.2. The Morgan fingerprint density at radius 3 is 2.31 bits per heavy atom. The van der Waals surface area contributed by atoms with Gasteiger partial charge < -0.3 is 9.84 Å². The fraction of sp³-hybridized carbons (Fsp3) is 0.273. The van der Waals surface area contributed by atoms with Gasteiger partial charge in [-0.05, 0) is 52.8 Å². The summed E-state index contributed by atoms with van der Waals surface area (Å²) >= 11 is 2.77. The Labute approximate surface area is 254 Å². The van der Waals surface area contributed by atoms with Crippen LogP contribution in [0.5, 0.6) is 5.75 Å². The number of aromatic nitrogens is 2. The van der Waals surface area contributed by atoms with Crippen molar-refractivity contribution >= 4 is 45.7 Å². The predicted octanol–water partition coefficient (Wildman–Crippen LogP) is 7.54. The van der Waals surface area contributed by atoms with Gasteiger partial charge in [-0.25, -0.2) is 0 Å². The van der Waals surface area contributed by atoms with E-state index in [1.54, 1.807) is 24.3 Å². The highest BCUT2D eigenvalue weighted by molar-refractivity contribution is 8.00. The fourth-order valence-electron chi connectivity index (χ4n) is 4.67. The first-order valence-corrected chi connectivity index (χ1v) is 15.6. The average Bonchev–Trinajstić information content (AvgIpc) is 3.57. The van der Waals surface area contributed by atoms with E-state index >= 15 is 0 Å². The van der Waals surface area contributed by atoms with E-state index in [9.17, 15) is 14.7 Å². The van der Waals surface area contributed by atoms with E-state index in [1.165, 1.54) is 28.0 Å². The number of ketones is 1. The highest BCUT2D eigenvalue weighted by atomic mass is 32.2. The van der Waals surface area contributed by atoms with Crippen molar-refractivity contribution in [2.24, 2.45) is 0 Å². The van der Waals surface area contributed by atoms with Gasteiger partial charge in [-0.15, -0.1) is 10.2 Å². The minimum Gasteiger partial charge on any atom is -0.507 e. The first-order valence-electron chi connectivity index (χ1n) is 13.8. The molecule has 1 aliphatic rings. The van der Waals surface area contributed by atoms with Crippen LogP contribution in [-0.2, 0) is 20.8 Å². The molecule has 5 rings (SSSR count). The maximum Gasteiger partial charge on any atom is 0.301 e. The molecule has 1 atom stereocenters. The zero-order valence-corrected chi connectivity index (χ0v) is 25.7. The Hall–Kier alpha value is -3.95. The van der Waals surface area contributed by atoms with Crippen molar-refractivity contribution < 1.29 is 19.4 Å². The number of aliphatic hydroxyl groups is 1. The van der Waals surface area contributed by atoms with Crippen molar-refractivity contribution in [2.75, 3.05) is 11.5 Å². The number of hydrogen-bond donors (Lipinski definition) is 1. The molecule has 1 unspecified atom stereocenters. The average molecular weight is 600 g/mol. The number of hydrogen-bond acceptors (Lipinski definition) is 8. The molecule has 1 N–H and O–H groups in total. The molecule has 1 aromatic heterocycles. The minimum absolute atomic E-state index is 0.0134. The number of carbonyl (C=O) groups excluding carboxylic acids is 2. The molecule has 0 bridgehead atoms. The lowest BCUT2D eigenvalue weighted by molar-refractivity contribution is -0.132. The molecule has 1 amide bonds. The number of carbonyl (C=O) groups is 2. The van der Waals surface area contributed by atoms with E-state index in [-0.39, 0.29) is 16.7 Å². The number of ether oxygens (including phenoxy) is 1. The van der Waals surface area contributed by atoms with Gasteiger partial charge in [0.1, 0.15) is 11.5 Å². The van der Waals surface area contributed by atoms with Gasteiger partial charge in [-0.2, -0.15) is 0 Å². The molecule has 2 heterocycles. The Morgan fingerprint density at radius 1 is 0.976 bits per heavy atom. The predicted molar refractivity (Wildman–Crippen MR) is 168 cm³/mol. The maximum absolute atomic E-state index is 13.6. The van der Waals surface area contributed by atoms with E-state index < -0.39 is 17.7 Å². The van der Waals surface area contributed by atoms with Crippen molar-refractivity contribution in [1.82, 2.24) is 10.2 Å². The van der Waals surface area contributed by atoms with Crippen LogP contribution in [0.15, 0.2) is 88.8 Å². The van der Waals surface area contributed by atoms with Gasteiger partial charge in [0, 0.05) is 11.3 Å². The molecule has 9 heteroatoms. The Kier molecular flexibility index (Phi) is 8.80. The molecule has 1 saturated heterocycles. The van der Waals surface area contributed by atoms with Crippen LogP contribution in [0.2, 0.25) is 0 Å². The number of rotatable bonds is 9. The summed E-state index contributed by atoms with van der Waals surface area (Å²) in [5.41, 5.74) is 3.31. The smallest absolute Gasteiger partial charge is 0.301 e. The number of anilines is 1. The summed E-state index contributed by atoms with van der Waals surface area (Å²) in [6.45, 7) is 8.97. The topological polar surface area (TPSA) is 92.6 Å². The molecule has 7 nitrogen and oxygen atoms in total. The van der Waals surface area contributed by atoms with Crippen molar-refractivity contribution in [3.05, 3.63) is 107 Å². The number of nitrogens with zero attached hydrogens (tertiary/aromatic N) is 3. The number of thioether (sulfide) groups is 1. The molecule has 216 valence electrons. The molecule has 1 fully saturated rings. The highest BCUT2D eigenvalue weighted by Crippen LogP contribution is 2.44. The van der Waals surface area contributed by atoms with Crippen molar-refractivity contribution in [3.8, 4) is 5.75 Å². The second-order valence-electron chi connectivity index (χ2n) is 11.0. The minimum atomic E-state index is -0.866. The van der Waals surface area contributed by atoms with Crippen LogP contribution in [0.4, 0.5) is 5.13 Å². The van der Waals surface area contributed by atoms with Gasteiger partial charge >= 0.3 is 5.91 Å². The molecule has 0 spiro atoms. The molecule has 0 radical (unpaired) electrons. The summed E-state index contributed by atoms with van der Waals surface area (Å²) in [6.07, 6.45) is 0.872. The van der Waals surface area contributed by atoms with Gasteiger partial charge in [-0.1, -0.05) is 105 Å². The largest absolute Gasteiger partial charge is 0.507 e. The lowest BCUT2D eigenvalue weighted by Gasteiger charge is -2.24. The third kappa shape index (κ3) is 6.27. The van der Waals surface area contributed by atoms with Crippen molar-refractivity contribution in [3.63, 3.8) is 0 Å². The molecule has 42 heavy (non-hydrogen) atoms. The van der Waals surface area contributed by atoms with Gasteiger partial charge in [0.05, 0.1) is 18.2 Å². The van der Waals surface area contributed by atoms with Crippen LogP contribution in [0, 0.1) is 0 Å². The summed E-state index contributed by atoms with van der Waals surface area (Å²) in [7, 11) is 0. The van der Waals surface area contributed by atoms with Crippen LogP contribution in [0.1, 0.15) is 62.4 Å². The molecule has 3 aromatic carbocycles. The van der Waals surface area contributed by atoms with Crippen molar-refractivity contribution in [2.45, 2.75) is 55.7 Å². The van der Waals surface area contributed by atoms with Gasteiger partial charge in [-0.3, -0.25) is 14.5 Å². The lowest BCUT2D eigenvalue weighted by atomic mass is 9.85. The summed E-state index contributed by atoms with van der Waals surface area (Å²) in [6, 6.07) is 23.8. The van der Waals surface area contributed by atoms with E-state index in [1.807, 2.05) is 61.5 Å². The Balaban J connectivity index is 1.54. The van der Waals surface area contributed by atoms with Gasteiger partial charge in [0.25, 0.3) is 5.78 Å². The summed E-state index contributed by atoms with van der Waals surface area (Å²) in [4.78, 5) is 28.5. The first kappa shape index (κ1) is 29.5. The van der Waals surface area contributed by atoms with E-state index in [0.717, 1.165) is 17.5 Å². The van der Waals surface area contributed by atoms with E-state index in [4.69, 9.17) is 4.74 Å². The Bertz CT molecular complexity index is 1590. The molecule has 1 aliphatic heterocycles. The zero-order valence-electron chi connectivity index (χ0n) is 24.0. The van der Waals surface area contributed by atoms with Gasteiger partial charge in [0.2, 0.25) is 5.13 Å².